The number of hydrogen-bond donors (Lipinski definition) is 2. The second-order valence-corrected chi connectivity index (χ2v) is 5.89. The zero-order valence-electron chi connectivity index (χ0n) is 12.6. The van der Waals surface area contributed by atoms with Crippen molar-refractivity contribution >= 4 is 28.9 Å². The highest BCUT2D eigenvalue weighted by molar-refractivity contribution is 7.80. The normalized spacial score (nSPS) is 14.4. The Hall–Kier alpha value is -1.88. The number of ether oxygens (including phenoxy) is 1. The highest BCUT2D eigenvalue weighted by Crippen LogP contribution is 2.27. The van der Waals surface area contributed by atoms with Gasteiger partial charge in [0.15, 0.2) is 5.11 Å². The maximum Gasteiger partial charge on any atom is 0.226 e. The van der Waals surface area contributed by atoms with E-state index in [0.717, 1.165) is 24.3 Å². The summed E-state index contributed by atoms with van der Waals surface area (Å²) in [5.41, 5.74) is 0.817. The molecule has 1 aliphatic rings. The average Bonchev–Trinajstić information content (AvgIpc) is 2.99. The van der Waals surface area contributed by atoms with Crippen molar-refractivity contribution in [2.24, 2.45) is 5.92 Å². The fourth-order valence-corrected chi connectivity index (χ4v) is 2.84. The number of hydrogen-bond acceptors (Lipinski definition) is 3. The molecule has 4 nitrogen and oxygen atoms in total. The largest absolute Gasteiger partial charge is 0.490 e. The van der Waals surface area contributed by atoms with Crippen LogP contribution in [0.3, 0.4) is 0 Å². The molecule has 1 aliphatic carbocycles. The molecule has 0 aliphatic heterocycles. The molecule has 5 heteroatoms. The number of thiocarbonyl (C=S) groups is 1. The summed E-state index contributed by atoms with van der Waals surface area (Å²) in [6.45, 7) is 4.08. The molecule has 0 bridgehead atoms. The number of benzene rings is 1. The number of carbonyl (C=O) groups excluding carboxylic acids is 1. The topological polar surface area (TPSA) is 50.4 Å². The minimum atomic E-state index is -0.00432. The SMILES string of the molecule is C=CCOc1ccc(NC(=S)NC(=O)CC2CCCC2)cc1. The lowest BCUT2D eigenvalue weighted by Crippen LogP contribution is -2.34. The second-order valence-electron chi connectivity index (χ2n) is 5.48. The first kappa shape index (κ1) is 16.5. The summed E-state index contributed by atoms with van der Waals surface area (Å²) in [6, 6.07) is 7.39. The van der Waals surface area contributed by atoms with E-state index in [0.29, 0.717) is 24.1 Å². The van der Waals surface area contributed by atoms with Gasteiger partial charge < -0.3 is 15.4 Å². The Balaban J connectivity index is 1.75. The Labute approximate surface area is 136 Å². The molecule has 1 saturated carbocycles. The fraction of sp³-hybridized carbons (Fsp3) is 0.412. The van der Waals surface area contributed by atoms with E-state index in [9.17, 15) is 4.79 Å². The minimum Gasteiger partial charge on any atom is -0.490 e. The third-order valence-corrected chi connectivity index (χ3v) is 3.89. The van der Waals surface area contributed by atoms with Crippen molar-refractivity contribution in [1.29, 1.82) is 0 Å². The maximum atomic E-state index is 11.9. The molecule has 0 radical (unpaired) electrons. The summed E-state index contributed by atoms with van der Waals surface area (Å²) in [4.78, 5) is 11.9. The molecule has 1 amide bonds. The van der Waals surface area contributed by atoms with E-state index in [1.54, 1.807) is 6.08 Å². The lowest BCUT2D eigenvalue weighted by Gasteiger charge is -2.12. The summed E-state index contributed by atoms with van der Waals surface area (Å²) in [7, 11) is 0. The van der Waals surface area contributed by atoms with Gasteiger partial charge in [0.2, 0.25) is 5.91 Å². The highest BCUT2D eigenvalue weighted by atomic mass is 32.1. The first-order valence-electron chi connectivity index (χ1n) is 7.62. The predicted molar refractivity (Wildman–Crippen MR) is 93.1 cm³/mol. The molecular weight excluding hydrogens is 296 g/mol. The lowest BCUT2D eigenvalue weighted by atomic mass is 10.0. The van der Waals surface area contributed by atoms with Crippen LogP contribution in [0, 0.1) is 5.92 Å². The van der Waals surface area contributed by atoms with E-state index in [4.69, 9.17) is 17.0 Å². The Morgan fingerprint density at radius 3 is 2.64 bits per heavy atom. The molecule has 2 N–H and O–H groups in total. The summed E-state index contributed by atoms with van der Waals surface area (Å²) < 4.78 is 5.41. The number of nitrogens with one attached hydrogen (secondary N) is 2. The van der Waals surface area contributed by atoms with Crippen LogP contribution in [0.1, 0.15) is 32.1 Å². The molecular formula is C17H22N2O2S. The third kappa shape index (κ3) is 5.48. The zero-order chi connectivity index (χ0) is 15.8. The van der Waals surface area contributed by atoms with Crippen molar-refractivity contribution < 1.29 is 9.53 Å². The Morgan fingerprint density at radius 2 is 2.00 bits per heavy atom. The molecule has 1 fully saturated rings. The third-order valence-electron chi connectivity index (χ3n) is 3.68. The quantitative estimate of drug-likeness (QED) is 0.621. The molecule has 2 rings (SSSR count). The summed E-state index contributed by atoms with van der Waals surface area (Å²) in [6.07, 6.45) is 7.04. The van der Waals surface area contributed by atoms with Crippen LogP contribution < -0.4 is 15.4 Å². The van der Waals surface area contributed by atoms with Crippen LogP contribution in [-0.4, -0.2) is 17.6 Å². The first-order valence-corrected chi connectivity index (χ1v) is 8.03. The van der Waals surface area contributed by atoms with E-state index in [2.05, 4.69) is 17.2 Å². The van der Waals surface area contributed by atoms with Crippen LogP contribution in [-0.2, 0) is 4.79 Å². The van der Waals surface area contributed by atoms with E-state index < -0.39 is 0 Å². The Bertz CT molecular complexity index is 522. The molecule has 0 spiro atoms. The van der Waals surface area contributed by atoms with Crippen molar-refractivity contribution in [2.75, 3.05) is 11.9 Å². The predicted octanol–water partition coefficient (Wildman–Crippen LogP) is 3.64. The van der Waals surface area contributed by atoms with Crippen LogP contribution in [0.15, 0.2) is 36.9 Å². The molecule has 0 saturated heterocycles. The van der Waals surface area contributed by atoms with Gasteiger partial charge in [-0.2, -0.15) is 0 Å². The number of rotatable bonds is 6. The van der Waals surface area contributed by atoms with Crippen molar-refractivity contribution in [2.45, 2.75) is 32.1 Å². The molecule has 0 unspecified atom stereocenters. The van der Waals surface area contributed by atoms with Crippen LogP contribution >= 0.6 is 12.2 Å². The molecule has 0 atom stereocenters. The standard InChI is InChI=1S/C17H22N2O2S/c1-2-11-21-15-9-7-14(8-10-15)18-17(22)19-16(20)12-13-5-3-4-6-13/h2,7-10,13H,1,3-6,11-12H2,(H2,18,19,20,22). The highest BCUT2D eigenvalue weighted by Gasteiger charge is 2.18. The summed E-state index contributed by atoms with van der Waals surface area (Å²) in [5, 5.41) is 6.08. The van der Waals surface area contributed by atoms with Crippen molar-refractivity contribution in [1.82, 2.24) is 5.32 Å². The van der Waals surface area contributed by atoms with Gasteiger partial charge in [0.25, 0.3) is 0 Å². The number of anilines is 1. The van der Waals surface area contributed by atoms with E-state index in [1.165, 1.54) is 12.8 Å². The van der Waals surface area contributed by atoms with Crippen LogP contribution in [0.5, 0.6) is 5.75 Å². The van der Waals surface area contributed by atoms with E-state index in [1.807, 2.05) is 24.3 Å². The number of carbonyl (C=O) groups is 1. The average molecular weight is 318 g/mol. The monoisotopic (exact) mass is 318 g/mol. The van der Waals surface area contributed by atoms with Crippen LogP contribution in [0.2, 0.25) is 0 Å². The molecule has 1 aromatic carbocycles. The van der Waals surface area contributed by atoms with Gasteiger partial charge in [-0.25, -0.2) is 0 Å². The molecule has 22 heavy (non-hydrogen) atoms. The smallest absolute Gasteiger partial charge is 0.226 e. The fourth-order valence-electron chi connectivity index (χ4n) is 2.61. The van der Waals surface area contributed by atoms with E-state index >= 15 is 0 Å². The molecule has 118 valence electrons. The van der Waals surface area contributed by atoms with Gasteiger partial charge in [-0.05, 0) is 55.2 Å². The van der Waals surface area contributed by atoms with Crippen molar-refractivity contribution in [3.63, 3.8) is 0 Å². The van der Waals surface area contributed by atoms with Crippen molar-refractivity contribution in [3.05, 3.63) is 36.9 Å². The van der Waals surface area contributed by atoms with Gasteiger partial charge in [0, 0.05) is 12.1 Å². The first-order chi connectivity index (χ1) is 10.7. The van der Waals surface area contributed by atoms with Gasteiger partial charge in [-0.15, -0.1) is 0 Å². The summed E-state index contributed by atoms with van der Waals surface area (Å²) in [5.74, 6) is 1.28. The van der Waals surface area contributed by atoms with Crippen molar-refractivity contribution in [3.8, 4) is 5.75 Å². The van der Waals surface area contributed by atoms with Gasteiger partial charge in [0.1, 0.15) is 12.4 Å². The summed E-state index contributed by atoms with van der Waals surface area (Å²) >= 11 is 5.17. The molecule has 0 heterocycles. The Morgan fingerprint density at radius 1 is 1.32 bits per heavy atom. The Kier molecular flexibility index (Phi) is 6.40. The zero-order valence-corrected chi connectivity index (χ0v) is 13.5. The minimum absolute atomic E-state index is 0.00432. The molecule has 1 aromatic rings. The van der Waals surface area contributed by atoms with E-state index in [-0.39, 0.29) is 5.91 Å². The number of amides is 1. The van der Waals surface area contributed by atoms with Gasteiger partial charge in [-0.3, -0.25) is 4.79 Å². The van der Waals surface area contributed by atoms with Crippen LogP contribution in [0.25, 0.3) is 0 Å². The molecule has 0 aromatic heterocycles. The second kappa shape index (κ2) is 8.54. The maximum absolute atomic E-state index is 11.9. The van der Waals surface area contributed by atoms with Crippen LogP contribution in [0.4, 0.5) is 5.69 Å². The van der Waals surface area contributed by atoms with Gasteiger partial charge in [0.05, 0.1) is 0 Å². The lowest BCUT2D eigenvalue weighted by molar-refractivity contribution is -0.120. The van der Waals surface area contributed by atoms with Gasteiger partial charge >= 0.3 is 0 Å². The van der Waals surface area contributed by atoms with Gasteiger partial charge in [-0.1, -0.05) is 25.5 Å².